The molecule has 0 radical (unpaired) electrons. The van der Waals surface area contributed by atoms with Gasteiger partial charge in [0.2, 0.25) is 0 Å². The largest absolute Gasteiger partial charge is 0.493 e. The van der Waals surface area contributed by atoms with Gasteiger partial charge in [-0.15, -0.1) is 0 Å². The summed E-state index contributed by atoms with van der Waals surface area (Å²) in [5.41, 5.74) is 1.21. The first-order chi connectivity index (χ1) is 15.3. The predicted molar refractivity (Wildman–Crippen MR) is 136 cm³/mol. The molecule has 32 heavy (non-hydrogen) atoms. The van der Waals surface area contributed by atoms with E-state index in [1.807, 2.05) is 38.1 Å². The van der Waals surface area contributed by atoms with Gasteiger partial charge in [0, 0.05) is 20.4 Å². The summed E-state index contributed by atoms with van der Waals surface area (Å²) < 4.78 is 14.5. The number of methoxy groups -OCH3 is 1. The van der Waals surface area contributed by atoms with Gasteiger partial charge >= 0.3 is 0 Å². The maximum atomic E-state index is 13.3. The first-order valence-corrected chi connectivity index (χ1v) is 12.2. The molecule has 1 heterocycles. The van der Waals surface area contributed by atoms with Gasteiger partial charge in [0.25, 0.3) is 5.56 Å². The fourth-order valence-corrected chi connectivity index (χ4v) is 3.89. The van der Waals surface area contributed by atoms with Crippen molar-refractivity contribution in [1.82, 2.24) is 9.66 Å². The molecule has 170 valence electrons. The fourth-order valence-electron chi connectivity index (χ4n) is 3.10. The van der Waals surface area contributed by atoms with E-state index in [1.54, 1.807) is 19.4 Å². The molecule has 0 unspecified atom stereocenters. The first-order valence-electron chi connectivity index (χ1n) is 10.6. The summed E-state index contributed by atoms with van der Waals surface area (Å²) in [6.45, 7) is 8.18. The van der Waals surface area contributed by atoms with Crippen LogP contribution in [0.2, 0.25) is 0 Å². The number of ether oxygens (including phenoxy) is 2. The lowest BCUT2D eigenvalue weighted by Crippen LogP contribution is -2.23. The van der Waals surface area contributed by atoms with Crippen molar-refractivity contribution >= 4 is 49.0 Å². The molecule has 0 fully saturated rings. The molecular weight excluding hydrogens is 538 g/mol. The van der Waals surface area contributed by atoms with Crippen LogP contribution in [-0.2, 0) is 0 Å². The fraction of sp³-hybridized carbons (Fsp3) is 0.375. The second-order valence-corrected chi connectivity index (χ2v) is 9.43. The van der Waals surface area contributed by atoms with E-state index in [4.69, 9.17) is 14.5 Å². The molecule has 8 heteroatoms. The number of benzene rings is 2. The van der Waals surface area contributed by atoms with Crippen molar-refractivity contribution in [3.8, 4) is 11.5 Å². The molecule has 2 atom stereocenters. The standard InChI is InChI=1S/C24H27Br2N3O3/c1-6-14(3)23-28-20-9-8-17(25)11-18(20)24(30)29(23)27-13-16-10-21(31-5)22(12-19(16)26)32-15(4)7-2/h8-15H,6-7H2,1-5H3/t14-,15-/m1/s1. The molecule has 3 aromatic rings. The Balaban J connectivity index is 2.11. The van der Waals surface area contributed by atoms with Crippen LogP contribution in [0, 0.1) is 0 Å². The number of hydrogen-bond donors (Lipinski definition) is 0. The second kappa shape index (κ2) is 10.6. The molecule has 0 saturated carbocycles. The van der Waals surface area contributed by atoms with Crippen molar-refractivity contribution in [3.05, 3.63) is 61.0 Å². The minimum absolute atomic E-state index is 0.0648. The van der Waals surface area contributed by atoms with Crippen molar-refractivity contribution in [2.24, 2.45) is 5.10 Å². The van der Waals surface area contributed by atoms with Crippen LogP contribution in [0.25, 0.3) is 10.9 Å². The van der Waals surface area contributed by atoms with E-state index < -0.39 is 0 Å². The normalized spacial score (nSPS) is 13.5. The van der Waals surface area contributed by atoms with E-state index in [2.05, 4.69) is 50.8 Å². The van der Waals surface area contributed by atoms with E-state index >= 15 is 0 Å². The Morgan fingerprint density at radius 1 is 1.12 bits per heavy atom. The molecule has 0 aliphatic heterocycles. The van der Waals surface area contributed by atoms with Crippen molar-refractivity contribution in [2.45, 2.75) is 52.6 Å². The molecule has 3 rings (SSSR count). The van der Waals surface area contributed by atoms with Crippen molar-refractivity contribution in [2.75, 3.05) is 7.11 Å². The molecule has 0 spiro atoms. The average molecular weight is 565 g/mol. The number of hydrogen-bond acceptors (Lipinski definition) is 5. The summed E-state index contributed by atoms with van der Waals surface area (Å²) in [6, 6.07) is 9.20. The minimum Gasteiger partial charge on any atom is -0.493 e. The Morgan fingerprint density at radius 3 is 2.53 bits per heavy atom. The van der Waals surface area contributed by atoms with Crippen molar-refractivity contribution in [1.29, 1.82) is 0 Å². The van der Waals surface area contributed by atoms with Crippen LogP contribution in [0.3, 0.4) is 0 Å². The van der Waals surface area contributed by atoms with Crippen LogP contribution < -0.4 is 15.0 Å². The lowest BCUT2D eigenvalue weighted by Gasteiger charge is -2.17. The van der Waals surface area contributed by atoms with Crippen LogP contribution in [0.1, 0.15) is 57.8 Å². The predicted octanol–water partition coefficient (Wildman–Crippen LogP) is 6.50. The van der Waals surface area contributed by atoms with E-state index in [1.165, 1.54) is 4.68 Å². The third-order valence-electron chi connectivity index (χ3n) is 5.38. The summed E-state index contributed by atoms with van der Waals surface area (Å²) in [7, 11) is 1.60. The maximum Gasteiger partial charge on any atom is 0.282 e. The second-order valence-electron chi connectivity index (χ2n) is 7.66. The molecule has 1 aromatic heterocycles. The SMILES string of the molecule is CC[C@@H](C)Oc1cc(Br)c(C=Nn2c([C@H](C)CC)nc3ccc(Br)cc3c2=O)cc1OC. The highest BCUT2D eigenvalue weighted by Gasteiger charge is 2.16. The van der Waals surface area contributed by atoms with Crippen LogP contribution in [-0.4, -0.2) is 29.1 Å². The van der Waals surface area contributed by atoms with Gasteiger partial charge in [-0.05, 0) is 66.0 Å². The quantitative estimate of drug-likeness (QED) is 0.293. The number of fused-ring (bicyclic) bond motifs is 1. The Kier molecular flexibility index (Phi) is 8.11. The van der Waals surface area contributed by atoms with E-state index in [0.717, 1.165) is 27.4 Å². The van der Waals surface area contributed by atoms with E-state index in [0.29, 0.717) is 28.2 Å². The Morgan fingerprint density at radius 2 is 1.88 bits per heavy atom. The Bertz CT molecular complexity index is 1210. The molecule has 6 nitrogen and oxygen atoms in total. The molecular formula is C24H27Br2N3O3. The summed E-state index contributed by atoms with van der Waals surface area (Å²) in [6.07, 6.45) is 3.42. The first kappa shape index (κ1) is 24.5. The molecule has 0 N–H and O–H groups in total. The summed E-state index contributed by atoms with van der Waals surface area (Å²) >= 11 is 7.02. The zero-order chi connectivity index (χ0) is 23.4. The molecule has 0 bridgehead atoms. The van der Waals surface area contributed by atoms with Crippen LogP contribution in [0.4, 0.5) is 0 Å². The van der Waals surface area contributed by atoms with E-state index in [-0.39, 0.29) is 17.6 Å². The number of aromatic nitrogens is 2. The molecule has 0 aliphatic rings. The summed E-state index contributed by atoms with van der Waals surface area (Å²) in [4.78, 5) is 18.0. The lowest BCUT2D eigenvalue weighted by molar-refractivity contribution is 0.207. The zero-order valence-electron chi connectivity index (χ0n) is 18.9. The zero-order valence-corrected chi connectivity index (χ0v) is 22.0. The molecule has 0 amide bonds. The topological polar surface area (TPSA) is 65.7 Å². The number of halogens is 2. The molecule has 0 aliphatic carbocycles. The molecule has 0 saturated heterocycles. The highest BCUT2D eigenvalue weighted by Crippen LogP contribution is 2.34. The molecule has 2 aromatic carbocycles. The van der Waals surface area contributed by atoms with Crippen LogP contribution in [0.5, 0.6) is 11.5 Å². The van der Waals surface area contributed by atoms with Gasteiger partial charge in [0.15, 0.2) is 11.5 Å². The third kappa shape index (κ3) is 5.23. The van der Waals surface area contributed by atoms with Gasteiger partial charge in [0.05, 0.1) is 30.3 Å². The third-order valence-corrected chi connectivity index (χ3v) is 6.56. The van der Waals surface area contributed by atoms with Gasteiger partial charge in [-0.1, -0.05) is 36.7 Å². The number of nitrogens with zero attached hydrogens (tertiary/aromatic N) is 3. The average Bonchev–Trinajstić information content (AvgIpc) is 2.79. The smallest absolute Gasteiger partial charge is 0.282 e. The summed E-state index contributed by atoms with van der Waals surface area (Å²) in [5.74, 6) is 1.95. The highest BCUT2D eigenvalue weighted by molar-refractivity contribution is 9.10. The maximum absolute atomic E-state index is 13.3. The highest BCUT2D eigenvalue weighted by atomic mass is 79.9. The van der Waals surface area contributed by atoms with Crippen molar-refractivity contribution in [3.63, 3.8) is 0 Å². The van der Waals surface area contributed by atoms with Crippen LogP contribution >= 0.6 is 31.9 Å². The summed E-state index contributed by atoms with van der Waals surface area (Å²) in [5, 5.41) is 5.05. The van der Waals surface area contributed by atoms with Gasteiger partial charge < -0.3 is 9.47 Å². The number of rotatable bonds is 8. The lowest BCUT2D eigenvalue weighted by atomic mass is 10.1. The van der Waals surface area contributed by atoms with Gasteiger partial charge in [-0.25, -0.2) is 4.98 Å². The van der Waals surface area contributed by atoms with Crippen LogP contribution in [0.15, 0.2) is 49.2 Å². The van der Waals surface area contributed by atoms with Gasteiger partial charge in [-0.3, -0.25) is 4.79 Å². The monoisotopic (exact) mass is 563 g/mol. The Hall–Kier alpha value is -2.19. The van der Waals surface area contributed by atoms with Crippen molar-refractivity contribution < 1.29 is 9.47 Å². The minimum atomic E-state index is -0.206. The Labute approximate surface area is 204 Å². The van der Waals surface area contributed by atoms with Gasteiger partial charge in [-0.2, -0.15) is 9.78 Å². The van der Waals surface area contributed by atoms with Gasteiger partial charge in [0.1, 0.15) is 5.82 Å². The van der Waals surface area contributed by atoms with E-state index in [9.17, 15) is 4.79 Å².